The zero-order valence-electron chi connectivity index (χ0n) is 16.7. The molecule has 0 aliphatic carbocycles. The molecule has 3 heterocycles. The summed E-state index contributed by atoms with van der Waals surface area (Å²) >= 11 is 0. The largest absolute Gasteiger partial charge is 0.493 e. The van der Waals surface area contributed by atoms with E-state index in [1.807, 2.05) is 37.2 Å². The molecule has 0 bridgehead atoms. The maximum absolute atomic E-state index is 11.9. The minimum atomic E-state index is -0.0988. The Morgan fingerprint density at radius 3 is 2.38 bits per heavy atom. The van der Waals surface area contributed by atoms with Gasteiger partial charge in [0.15, 0.2) is 0 Å². The molecule has 0 saturated heterocycles. The van der Waals surface area contributed by atoms with Crippen molar-refractivity contribution < 1.29 is 4.74 Å². The molecule has 0 unspecified atom stereocenters. The molecule has 0 aliphatic heterocycles. The Labute approximate surface area is 168 Å². The van der Waals surface area contributed by atoms with E-state index >= 15 is 0 Å². The van der Waals surface area contributed by atoms with Crippen LogP contribution < -0.4 is 10.3 Å². The maximum atomic E-state index is 11.9. The van der Waals surface area contributed by atoms with Crippen molar-refractivity contribution in [3.05, 3.63) is 77.2 Å². The molecule has 0 aliphatic rings. The number of hydrogen-bond acceptors (Lipinski definition) is 4. The first-order chi connectivity index (χ1) is 14.0. The molecule has 29 heavy (non-hydrogen) atoms. The number of benzene rings is 1. The number of pyridine rings is 1. The third-order valence-electron chi connectivity index (χ3n) is 4.77. The second-order valence-electron chi connectivity index (χ2n) is 6.96. The molecule has 148 valence electrons. The normalized spacial score (nSPS) is 11.0. The quantitative estimate of drug-likeness (QED) is 0.508. The van der Waals surface area contributed by atoms with Crippen LogP contribution in [0, 0.1) is 0 Å². The highest BCUT2D eigenvalue weighted by atomic mass is 16.5. The third-order valence-corrected chi connectivity index (χ3v) is 4.77. The van der Waals surface area contributed by atoms with Gasteiger partial charge in [-0.25, -0.2) is 0 Å². The van der Waals surface area contributed by atoms with Crippen molar-refractivity contribution in [2.45, 2.75) is 13.5 Å². The van der Waals surface area contributed by atoms with Crippen molar-refractivity contribution in [2.75, 3.05) is 6.61 Å². The zero-order valence-corrected chi connectivity index (χ0v) is 16.7. The summed E-state index contributed by atoms with van der Waals surface area (Å²) in [6.45, 7) is 3.06. The highest BCUT2D eigenvalue weighted by molar-refractivity contribution is 5.68. The van der Waals surface area contributed by atoms with E-state index in [0.29, 0.717) is 18.9 Å². The fourth-order valence-electron chi connectivity index (χ4n) is 3.25. The predicted octanol–water partition coefficient (Wildman–Crippen LogP) is 3.10. The molecular formula is C22H23N5O2. The molecule has 4 aromatic rings. The summed E-state index contributed by atoms with van der Waals surface area (Å²) in [6, 6.07) is 9.91. The van der Waals surface area contributed by atoms with E-state index in [-0.39, 0.29) is 5.56 Å². The first kappa shape index (κ1) is 18.7. The molecule has 3 aromatic heterocycles. The van der Waals surface area contributed by atoms with Gasteiger partial charge in [0.05, 0.1) is 25.5 Å². The Morgan fingerprint density at radius 1 is 0.931 bits per heavy atom. The smallest absolute Gasteiger partial charge is 0.254 e. The van der Waals surface area contributed by atoms with E-state index in [2.05, 4.69) is 34.5 Å². The fraction of sp³-hybridized carbons (Fsp3) is 0.227. The van der Waals surface area contributed by atoms with Crippen molar-refractivity contribution >= 4 is 0 Å². The number of aryl methyl sites for hydroxylation is 2. The van der Waals surface area contributed by atoms with Gasteiger partial charge in [-0.1, -0.05) is 24.3 Å². The van der Waals surface area contributed by atoms with Crippen LogP contribution in [0.1, 0.15) is 12.5 Å². The Hall–Kier alpha value is -3.61. The van der Waals surface area contributed by atoms with Gasteiger partial charge in [0.25, 0.3) is 5.56 Å². The SMILES string of the molecule is CCOc1cc(=O)n(C)cc1-c1cnn(Cc2ccc(-c3cnn(C)c3)cc2)c1. The number of nitrogens with zero attached hydrogens (tertiary/aromatic N) is 5. The molecule has 0 N–H and O–H groups in total. The lowest BCUT2D eigenvalue weighted by Gasteiger charge is -2.10. The van der Waals surface area contributed by atoms with Crippen molar-refractivity contribution in [1.82, 2.24) is 24.1 Å². The van der Waals surface area contributed by atoms with Crippen LogP contribution in [0.3, 0.4) is 0 Å². The van der Waals surface area contributed by atoms with Gasteiger partial charge < -0.3 is 9.30 Å². The minimum absolute atomic E-state index is 0.0988. The summed E-state index contributed by atoms with van der Waals surface area (Å²) in [6.07, 6.45) is 9.41. The molecule has 0 atom stereocenters. The van der Waals surface area contributed by atoms with Gasteiger partial charge in [-0.3, -0.25) is 14.2 Å². The van der Waals surface area contributed by atoms with Gasteiger partial charge in [-0.2, -0.15) is 10.2 Å². The Morgan fingerprint density at radius 2 is 1.69 bits per heavy atom. The summed E-state index contributed by atoms with van der Waals surface area (Å²) < 4.78 is 10.9. The molecule has 7 nitrogen and oxygen atoms in total. The predicted molar refractivity (Wildman–Crippen MR) is 112 cm³/mol. The average Bonchev–Trinajstić information content (AvgIpc) is 3.34. The number of ether oxygens (including phenoxy) is 1. The van der Waals surface area contributed by atoms with E-state index in [1.165, 1.54) is 6.07 Å². The summed E-state index contributed by atoms with van der Waals surface area (Å²) in [5.74, 6) is 0.580. The highest BCUT2D eigenvalue weighted by Gasteiger charge is 2.11. The van der Waals surface area contributed by atoms with Gasteiger partial charge in [0, 0.05) is 55.4 Å². The topological polar surface area (TPSA) is 66.9 Å². The van der Waals surface area contributed by atoms with Crippen molar-refractivity contribution in [3.63, 3.8) is 0 Å². The van der Waals surface area contributed by atoms with E-state index in [4.69, 9.17) is 4.74 Å². The molecule has 4 rings (SSSR count). The monoisotopic (exact) mass is 389 g/mol. The molecule has 0 radical (unpaired) electrons. The van der Waals surface area contributed by atoms with Crippen LogP contribution in [0.25, 0.3) is 22.3 Å². The van der Waals surface area contributed by atoms with Gasteiger partial charge in [-0.05, 0) is 18.1 Å². The molecule has 0 amide bonds. The van der Waals surface area contributed by atoms with Crippen LogP contribution in [0.4, 0.5) is 0 Å². The lowest BCUT2D eigenvalue weighted by molar-refractivity contribution is 0.340. The van der Waals surface area contributed by atoms with Crippen molar-refractivity contribution in [2.24, 2.45) is 14.1 Å². The summed E-state index contributed by atoms with van der Waals surface area (Å²) in [5.41, 5.74) is 5.05. The van der Waals surface area contributed by atoms with Gasteiger partial charge in [0.1, 0.15) is 5.75 Å². The molecular weight excluding hydrogens is 366 g/mol. The van der Waals surface area contributed by atoms with Crippen LogP contribution in [-0.2, 0) is 20.6 Å². The number of aromatic nitrogens is 5. The lowest BCUT2D eigenvalue weighted by atomic mass is 10.1. The standard InChI is InChI=1S/C22H23N5O2/c1-4-29-21-9-22(28)25(2)15-20(21)19-11-24-27(14-19)12-16-5-7-17(8-6-16)18-10-23-26(3)13-18/h5-11,13-15H,4,12H2,1-3H3. The average molecular weight is 389 g/mol. The lowest BCUT2D eigenvalue weighted by Crippen LogP contribution is -2.15. The summed E-state index contributed by atoms with van der Waals surface area (Å²) in [7, 11) is 3.64. The first-order valence-corrected chi connectivity index (χ1v) is 9.47. The van der Waals surface area contributed by atoms with Crippen LogP contribution in [0.2, 0.25) is 0 Å². The van der Waals surface area contributed by atoms with Crippen molar-refractivity contribution in [3.8, 4) is 28.0 Å². The van der Waals surface area contributed by atoms with E-state index in [0.717, 1.165) is 27.8 Å². The second kappa shape index (κ2) is 7.79. The zero-order chi connectivity index (χ0) is 20.4. The second-order valence-corrected chi connectivity index (χ2v) is 6.96. The molecule has 0 saturated carbocycles. The summed E-state index contributed by atoms with van der Waals surface area (Å²) in [5, 5.41) is 8.70. The highest BCUT2D eigenvalue weighted by Crippen LogP contribution is 2.28. The van der Waals surface area contributed by atoms with Crippen LogP contribution >= 0.6 is 0 Å². The Bertz CT molecular complexity index is 1180. The van der Waals surface area contributed by atoms with E-state index in [1.54, 1.807) is 28.7 Å². The molecule has 7 heteroatoms. The minimum Gasteiger partial charge on any atom is -0.493 e. The van der Waals surface area contributed by atoms with Gasteiger partial charge in [0.2, 0.25) is 0 Å². The number of rotatable bonds is 6. The first-order valence-electron chi connectivity index (χ1n) is 9.47. The molecule has 1 aromatic carbocycles. The summed E-state index contributed by atoms with van der Waals surface area (Å²) in [4.78, 5) is 11.9. The third kappa shape index (κ3) is 3.99. The van der Waals surface area contributed by atoms with E-state index in [9.17, 15) is 4.79 Å². The van der Waals surface area contributed by atoms with Crippen molar-refractivity contribution in [1.29, 1.82) is 0 Å². The Kier molecular flexibility index (Phi) is 5.03. The van der Waals surface area contributed by atoms with Crippen LogP contribution in [-0.4, -0.2) is 30.7 Å². The Balaban J connectivity index is 1.56. The fourth-order valence-corrected chi connectivity index (χ4v) is 3.25. The van der Waals surface area contributed by atoms with Gasteiger partial charge in [-0.15, -0.1) is 0 Å². The number of hydrogen-bond donors (Lipinski definition) is 0. The molecule has 0 spiro atoms. The van der Waals surface area contributed by atoms with E-state index < -0.39 is 0 Å². The van der Waals surface area contributed by atoms with Gasteiger partial charge >= 0.3 is 0 Å². The molecule has 0 fully saturated rings. The van der Waals surface area contributed by atoms with Crippen LogP contribution in [0.5, 0.6) is 5.75 Å². The maximum Gasteiger partial charge on any atom is 0.254 e. The van der Waals surface area contributed by atoms with Crippen LogP contribution in [0.15, 0.2) is 66.1 Å².